The summed E-state index contributed by atoms with van der Waals surface area (Å²) < 4.78 is 28.9. The van der Waals surface area contributed by atoms with Crippen molar-refractivity contribution in [2.45, 2.75) is 18.4 Å². The van der Waals surface area contributed by atoms with Gasteiger partial charge in [-0.15, -0.1) is 0 Å². The molecular formula is C16H17N5O2S. The monoisotopic (exact) mass is 343 g/mol. The summed E-state index contributed by atoms with van der Waals surface area (Å²) in [5, 5.41) is 0. The first-order chi connectivity index (χ1) is 11.6. The van der Waals surface area contributed by atoms with Gasteiger partial charge in [0.1, 0.15) is 0 Å². The van der Waals surface area contributed by atoms with Crippen molar-refractivity contribution in [1.82, 2.24) is 24.2 Å². The van der Waals surface area contributed by atoms with Crippen molar-refractivity contribution in [2.75, 3.05) is 6.54 Å². The van der Waals surface area contributed by atoms with Crippen LogP contribution < -0.4 is 4.72 Å². The van der Waals surface area contributed by atoms with E-state index in [1.54, 1.807) is 55.1 Å². The van der Waals surface area contributed by atoms with Gasteiger partial charge in [0.25, 0.3) is 0 Å². The van der Waals surface area contributed by atoms with Gasteiger partial charge < -0.3 is 4.57 Å². The van der Waals surface area contributed by atoms with Gasteiger partial charge in [0.2, 0.25) is 10.0 Å². The first-order valence-corrected chi connectivity index (χ1v) is 8.89. The van der Waals surface area contributed by atoms with E-state index in [-0.39, 0.29) is 11.4 Å². The van der Waals surface area contributed by atoms with Gasteiger partial charge in [-0.25, -0.2) is 28.1 Å². The molecule has 24 heavy (non-hydrogen) atoms. The zero-order valence-corrected chi connectivity index (χ0v) is 13.9. The summed E-state index contributed by atoms with van der Waals surface area (Å²) in [6.07, 6.45) is 6.69. The lowest BCUT2D eigenvalue weighted by molar-refractivity contribution is 0.573. The van der Waals surface area contributed by atoms with Crippen molar-refractivity contribution in [3.8, 4) is 11.6 Å². The Kier molecular flexibility index (Phi) is 4.68. The maximum Gasteiger partial charge on any atom is 0.240 e. The van der Waals surface area contributed by atoms with Crippen LogP contribution in [0.4, 0.5) is 0 Å². The Labute approximate surface area is 140 Å². The number of nitrogens with one attached hydrogen (secondary N) is 1. The minimum atomic E-state index is -3.52. The second-order valence-electron chi connectivity index (χ2n) is 5.23. The number of sulfonamides is 1. The van der Waals surface area contributed by atoms with E-state index >= 15 is 0 Å². The van der Waals surface area contributed by atoms with Crippen molar-refractivity contribution < 1.29 is 8.42 Å². The van der Waals surface area contributed by atoms with E-state index in [1.807, 2.05) is 11.5 Å². The number of nitrogens with zero attached hydrogens (tertiary/aromatic N) is 4. The minimum Gasteiger partial charge on any atom is -0.327 e. The van der Waals surface area contributed by atoms with Crippen molar-refractivity contribution in [2.24, 2.45) is 0 Å². The smallest absolute Gasteiger partial charge is 0.240 e. The van der Waals surface area contributed by atoms with Gasteiger partial charge in [-0.3, -0.25) is 0 Å². The molecule has 0 unspecified atom stereocenters. The third-order valence-electron chi connectivity index (χ3n) is 3.46. The average Bonchev–Trinajstić information content (AvgIpc) is 3.04. The summed E-state index contributed by atoms with van der Waals surface area (Å²) in [5.41, 5.74) is 1.01. The van der Waals surface area contributed by atoms with E-state index in [2.05, 4.69) is 19.7 Å². The van der Waals surface area contributed by atoms with Crippen LogP contribution in [0.15, 0.2) is 60.0 Å². The Bertz CT molecular complexity index is 905. The maximum absolute atomic E-state index is 12.3. The first-order valence-electron chi connectivity index (χ1n) is 7.41. The van der Waals surface area contributed by atoms with E-state index in [4.69, 9.17) is 0 Å². The minimum absolute atomic E-state index is 0.242. The topological polar surface area (TPSA) is 89.8 Å². The van der Waals surface area contributed by atoms with Crippen LogP contribution in [0.2, 0.25) is 0 Å². The van der Waals surface area contributed by atoms with Gasteiger partial charge in [-0.1, -0.05) is 17.7 Å². The Hall–Kier alpha value is -2.58. The first kappa shape index (κ1) is 16.3. The van der Waals surface area contributed by atoms with Crippen LogP contribution in [-0.4, -0.2) is 34.5 Å². The largest absolute Gasteiger partial charge is 0.327 e. The number of rotatable bonds is 6. The van der Waals surface area contributed by atoms with Crippen LogP contribution in [0, 0.1) is 6.92 Å². The number of aromatic nitrogens is 4. The molecule has 2 heterocycles. The van der Waals surface area contributed by atoms with Gasteiger partial charge in [0, 0.05) is 37.9 Å². The van der Waals surface area contributed by atoms with Gasteiger partial charge in [0.15, 0.2) is 11.6 Å². The van der Waals surface area contributed by atoms with Gasteiger partial charge in [-0.05, 0) is 25.1 Å². The molecule has 0 bridgehead atoms. The highest BCUT2D eigenvalue weighted by Crippen LogP contribution is 2.12. The Morgan fingerprint density at radius 2 is 1.75 bits per heavy atom. The number of imidazole rings is 1. The maximum atomic E-state index is 12.3. The van der Waals surface area contributed by atoms with E-state index in [0.29, 0.717) is 18.2 Å². The van der Waals surface area contributed by atoms with Crippen molar-refractivity contribution in [1.29, 1.82) is 0 Å². The molecule has 1 aromatic carbocycles. The molecule has 8 heteroatoms. The fraction of sp³-hybridized carbons (Fsp3) is 0.188. The summed E-state index contributed by atoms with van der Waals surface area (Å²) in [7, 11) is -3.52. The molecule has 0 saturated heterocycles. The highest BCUT2D eigenvalue weighted by molar-refractivity contribution is 7.89. The molecule has 0 radical (unpaired) electrons. The lowest BCUT2D eigenvalue weighted by Crippen LogP contribution is -2.27. The Morgan fingerprint density at radius 1 is 1.04 bits per heavy atom. The van der Waals surface area contributed by atoms with Crippen LogP contribution in [0.25, 0.3) is 11.6 Å². The highest BCUT2D eigenvalue weighted by atomic mass is 32.2. The highest BCUT2D eigenvalue weighted by Gasteiger charge is 2.14. The molecule has 0 aliphatic rings. The van der Waals surface area contributed by atoms with Crippen molar-refractivity contribution >= 4 is 10.0 Å². The van der Waals surface area contributed by atoms with E-state index in [9.17, 15) is 8.42 Å². The van der Waals surface area contributed by atoms with Crippen LogP contribution in [0.3, 0.4) is 0 Å². The van der Waals surface area contributed by atoms with Crippen LogP contribution in [-0.2, 0) is 16.6 Å². The summed E-state index contributed by atoms with van der Waals surface area (Å²) in [5.74, 6) is 1.11. The normalized spacial score (nSPS) is 11.5. The Balaban J connectivity index is 1.67. The molecule has 3 aromatic rings. The second kappa shape index (κ2) is 6.90. The molecule has 2 aromatic heterocycles. The molecule has 0 aliphatic carbocycles. The zero-order valence-electron chi connectivity index (χ0n) is 13.1. The lowest BCUT2D eigenvalue weighted by Gasteiger charge is -2.09. The fourth-order valence-corrected chi connectivity index (χ4v) is 3.23. The average molecular weight is 343 g/mol. The lowest BCUT2D eigenvalue weighted by atomic mass is 10.2. The predicted molar refractivity (Wildman–Crippen MR) is 89.6 cm³/mol. The number of hydrogen-bond acceptors (Lipinski definition) is 5. The third kappa shape index (κ3) is 3.66. The SMILES string of the molecule is Cc1ccc(S(=O)(=O)NCCn2ccnc2-c2ncccn2)cc1. The molecule has 124 valence electrons. The number of benzene rings is 1. The van der Waals surface area contributed by atoms with Gasteiger partial charge in [-0.2, -0.15) is 0 Å². The standard InChI is InChI=1S/C16H17N5O2S/c1-13-3-5-14(6-4-13)24(22,23)20-10-12-21-11-9-19-16(21)15-17-7-2-8-18-15/h2-9,11,20H,10,12H2,1H3. The molecule has 0 spiro atoms. The molecule has 0 amide bonds. The van der Waals surface area contributed by atoms with Crippen molar-refractivity contribution in [3.63, 3.8) is 0 Å². The molecule has 0 atom stereocenters. The molecule has 0 fully saturated rings. The van der Waals surface area contributed by atoms with Crippen LogP contribution in [0.5, 0.6) is 0 Å². The molecule has 0 aliphatic heterocycles. The number of aryl methyl sites for hydroxylation is 1. The van der Waals surface area contributed by atoms with Crippen molar-refractivity contribution in [3.05, 3.63) is 60.7 Å². The predicted octanol–water partition coefficient (Wildman–Crippen LogP) is 1.63. The second-order valence-corrected chi connectivity index (χ2v) is 6.99. The Morgan fingerprint density at radius 3 is 2.46 bits per heavy atom. The third-order valence-corrected chi connectivity index (χ3v) is 4.93. The zero-order chi connectivity index (χ0) is 17.0. The van der Waals surface area contributed by atoms with Crippen LogP contribution >= 0.6 is 0 Å². The molecule has 0 saturated carbocycles. The van der Waals surface area contributed by atoms with Gasteiger partial charge in [0.05, 0.1) is 4.90 Å². The van der Waals surface area contributed by atoms with Gasteiger partial charge >= 0.3 is 0 Å². The number of hydrogen-bond donors (Lipinski definition) is 1. The molecule has 3 rings (SSSR count). The molecule has 7 nitrogen and oxygen atoms in total. The molecule has 1 N–H and O–H groups in total. The summed E-state index contributed by atoms with van der Waals surface area (Å²) >= 11 is 0. The van der Waals surface area contributed by atoms with E-state index < -0.39 is 10.0 Å². The summed E-state index contributed by atoms with van der Waals surface area (Å²) in [4.78, 5) is 12.8. The molecular weight excluding hydrogens is 326 g/mol. The summed E-state index contributed by atoms with van der Waals surface area (Å²) in [6.45, 7) is 2.58. The van der Waals surface area contributed by atoms with Crippen LogP contribution in [0.1, 0.15) is 5.56 Å². The quantitative estimate of drug-likeness (QED) is 0.735. The van der Waals surface area contributed by atoms with E-state index in [1.165, 1.54) is 0 Å². The summed E-state index contributed by atoms with van der Waals surface area (Å²) in [6, 6.07) is 8.47. The fourth-order valence-electron chi connectivity index (χ4n) is 2.21. The van der Waals surface area contributed by atoms with E-state index in [0.717, 1.165) is 5.56 Å².